The second-order valence-electron chi connectivity index (χ2n) is 8.80. The monoisotopic (exact) mass is 619 g/mol. The fraction of sp³-hybridized carbons (Fsp3) is 0.0938. The normalized spacial score (nSPS) is 11.0. The lowest BCUT2D eigenvalue weighted by Crippen LogP contribution is -2.30. The van der Waals surface area contributed by atoms with Gasteiger partial charge in [-0.15, -0.1) is 11.8 Å². The SMILES string of the molecule is CCOc1ccc(/C=C(\NC(=O)c2ccccc2)C(=O)Nc2ccc(SCC(=O)Nc3cccc(Cl)c3Cl)cc2)cc1. The molecule has 0 aliphatic heterocycles. The smallest absolute Gasteiger partial charge is 0.272 e. The summed E-state index contributed by atoms with van der Waals surface area (Å²) in [6, 6.07) is 27.9. The van der Waals surface area contributed by atoms with Crippen molar-refractivity contribution in [3.8, 4) is 5.75 Å². The number of thioether (sulfide) groups is 1. The van der Waals surface area contributed by atoms with Gasteiger partial charge >= 0.3 is 0 Å². The first-order valence-electron chi connectivity index (χ1n) is 12.9. The minimum Gasteiger partial charge on any atom is -0.494 e. The first-order chi connectivity index (χ1) is 20.3. The van der Waals surface area contributed by atoms with Gasteiger partial charge in [-0.05, 0) is 79.2 Å². The average molecular weight is 621 g/mol. The molecule has 0 aromatic heterocycles. The van der Waals surface area contributed by atoms with Gasteiger partial charge in [-0.1, -0.05) is 59.6 Å². The van der Waals surface area contributed by atoms with Gasteiger partial charge in [0.15, 0.2) is 0 Å². The number of carbonyl (C=O) groups excluding carboxylic acids is 3. The largest absolute Gasteiger partial charge is 0.494 e. The summed E-state index contributed by atoms with van der Waals surface area (Å²) in [6.45, 7) is 2.44. The molecule has 214 valence electrons. The lowest BCUT2D eigenvalue weighted by molar-refractivity contribution is -0.114. The molecule has 0 unspecified atom stereocenters. The van der Waals surface area contributed by atoms with Crippen molar-refractivity contribution < 1.29 is 19.1 Å². The van der Waals surface area contributed by atoms with E-state index in [0.717, 1.165) is 4.90 Å². The van der Waals surface area contributed by atoms with Crippen LogP contribution in [0.4, 0.5) is 11.4 Å². The number of hydrogen-bond donors (Lipinski definition) is 3. The molecule has 0 spiro atoms. The third kappa shape index (κ3) is 8.88. The van der Waals surface area contributed by atoms with Crippen LogP contribution in [0.5, 0.6) is 5.75 Å². The van der Waals surface area contributed by atoms with Crippen molar-refractivity contribution in [3.63, 3.8) is 0 Å². The molecular weight excluding hydrogens is 593 g/mol. The second kappa shape index (κ2) is 15.1. The summed E-state index contributed by atoms with van der Waals surface area (Å²) in [6.07, 6.45) is 1.60. The summed E-state index contributed by atoms with van der Waals surface area (Å²) in [4.78, 5) is 39.4. The van der Waals surface area contributed by atoms with Gasteiger partial charge in [-0.3, -0.25) is 14.4 Å². The van der Waals surface area contributed by atoms with Gasteiger partial charge < -0.3 is 20.7 Å². The molecule has 0 saturated carbocycles. The van der Waals surface area contributed by atoms with Crippen molar-refractivity contribution in [1.29, 1.82) is 0 Å². The lowest BCUT2D eigenvalue weighted by atomic mass is 10.1. The molecule has 0 radical (unpaired) electrons. The summed E-state index contributed by atoms with van der Waals surface area (Å²) >= 11 is 13.5. The molecule has 10 heteroatoms. The van der Waals surface area contributed by atoms with Crippen LogP contribution < -0.4 is 20.7 Å². The molecule has 0 atom stereocenters. The van der Waals surface area contributed by atoms with Crippen LogP contribution in [-0.2, 0) is 9.59 Å². The van der Waals surface area contributed by atoms with Crippen LogP contribution in [0.25, 0.3) is 6.08 Å². The van der Waals surface area contributed by atoms with Gasteiger partial charge in [-0.25, -0.2) is 0 Å². The van der Waals surface area contributed by atoms with Crippen LogP contribution in [0.2, 0.25) is 10.0 Å². The number of halogens is 2. The molecule has 4 aromatic carbocycles. The zero-order chi connectivity index (χ0) is 29.9. The molecule has 3 amide bonds. The fourth-order valence-electron chi connectivity index (χ4n) is 3.70. The highest BCUT2D eigenvalue weighted by atomic mass is 35.5. The number of benzene rings is 4. The number of ether oxygens (including phenoxy) is 1. The van der Waals surface area contributed by atoms with Crippen molar-refractivity contribution in [2.75, 3.05) is 23.0 Å². The van der Waals surface area contributed by atoms with Crippen LogP contribution in [-0.4, -0.2) is 30.1 Å². The Hall–Kier alpha value is -4.24. The van der Waals surface area contributed by atoms with Crippen molar-refractivity contribution in [3.05, 3.63) is 124 Å². The summed E-state index contributed by atoms with van der Waals surface area (Å²) in [5.74, 6) is -0.287. The molecule has 0 aliphatic rings. The van der Waals surface area contributed by atoms with Crippen molar-refractivity contribution >= 4 is 70.1 Å². The van der Waals surface area contributed by atoms with E-state index < -0.39 is 11.8 Å². The Morgan fingerprint density at radius 3 is 2.24 bits per heavy atom. The molecule has 0 heterocycles. The maximum atomic E-state index is 13.3. The first-order valence-corrected chi connectivity index (χ1v) is 14.7. The Morgan fingerprint density at radius 2 is 1.55 bits per heavy atom. The zero-order valence-electron chi connectivity index (χ0n) is 22.5. The maximum absolute atomic E-state index is 13.3. The minimum absolute atomic E-state index is 0.0720. The predicted molar refractivity (Wildman–Crippen MR) is 170 cm³/mol. The van der Waals surface area contributed by atoms with Crippen molar-refractivity contribution in [1.82, 2.24) is 5.32 Å². The number of amides is 3. The van der Waals surface area contributed by atoms with E-state index in [1.165, 1.54) is 11.8 Å². The van der Waals surface area contributed by atoms with E-state index >= 15 is 0 Å². The molecule has 0 fully saturated rings. The Balaban J connectivity index is 1.41. The average Bonchev–Trinajstić information content (AvgIpc) is 3.00. The van der Waals surface area contributed by atoms with E-state index in [1.807, 2.05) is 13.0 Å². The molecule has 0 aliphatic carbocycles. The van der Waals surface area contributed by atoms with Crippen LogP contribution >= 0.6 is 35.0 Å². The third-order valence-corrected chi connectivity index (χ3v) is 7.57. The lowest BCUT2D eigenvalue weighted by Gasteiger charge is -2.12. The van der Waals surface area contributed by atoms with E-state index in [-0.39, 0.29) is 22.4 Å². The number of hydrogen-bond acceptors (Lipinski definition) is 5. The molecule has 4 rings (SSSR count). The Kier molecular flexibility index (Phi) is 11.1. The van der Waals surface area contributed by atoms with Gasteiger partial charge in [-0.2, -0.15) is 0 Å². The van der Waals surface area contributed by atoms with Gasteiger partial charge in [0.05, 0.1) is 28.1 Å². The zero-order valence-corrected chi connectivity index (χ0v) is 24.9. The van der Waals surface area contributed by atoms with Crippen molar-refractivity contribution in [2.45, 2.75) is 11.8 Å². The highest BCUT2D eigenvalue weighted by Crippen LogP contribution is 2.30. The molecule has 0 saturated heterocycles. The van der Waals surface area contributed by atoms with Gasteiger partial charge in [0.2, 0.25) is 5.91 Å². The Morgan fingerprint density at radius 1 is 0.833 bits per heavy atom. The van der Waals surface area contributed by atoms with E-state index in [4.69, 9.17) is 27.9 Å². The molecule has 42 heavy (non-hydrogen) atoms. The standard InChI is InChI=1S/C32H27Cl2N3O4S/c1-2-41-24-15-11-21(12-16-24)19-28(37-31(39)22-7-4-3-5-8-22)32(40)35-23-13-17-25(18-14-23)42-20-29(38)36-27-10-6-9-26(33)30(27)34/h3-19H,2,20H2,1H3,(H,35,40)(H,36,38)(H,37,39)/b28-19-. The summed E-state index contributed by atoms with van der Waals surface area (Å²) in [7, 11) is 0. The predicted octanol–water partition coefficient (Wildman–Crippen LogP) is 7.53. The molecule has 3 N–H and O–H groups in total. The highest BCUT2D eigenvalue weighted by molar-refractivity contribution is 8.00. The van der Waals surface area contributed by atoms with Gasteiger partial charge in [0.1, 0.15) is 11.4 Å². The van der Waals surface area contributed by atoms with Gasteiger partial charge in [0, 0.05) is 16.1 Å². The quantitative estimate of drug-likeness (QED) is 0.119. The first kappa shape index (κ1) is 30.7. The van der Waals surface area contributed by atoms with Crippen LogP contribution in [0, 0.1) is 0 Å². The summed E-state index contributed by atoms with van der Waals surface area (Å²) in [5, 5.41) is 8.94. The molecule has 7 nitrogen and oxygen atoms in total. The minimum atomic E-state index is -0.494. The number of carbonyl (C=O) groups is 3. The second-order valence-corrected chi connectivity index (χ2v) is 10.6. The van der Waals surface area contributed by atoms with Gasteiger partial charge in [0.25, 0.3) is 11.8 Å². The number of nitrogens with one attached hydrogen (secondary N) is 3. The maximum Gasteiger partial charge on any atom is 0.272 e. The third-order valence-electron chi connectivity index (χ3n) is 5.74. The Bertz CT molecular complexity index is 1580. The van der Waals surface area contributed by atoms with E-state index in [9.17, 15) is 14.4 Å². The number of anilines is 2. The highest BCUT2D eigenvalue weighted by Gasteiger charge is 2.15. The summed E-state index contributed by atoms with van der Waals surface area (Å²) < 4.78 is 5.49. The topological polar surface area (TPSA) is 96.5 Å². The fourth-order valence-corrected chi connectivity index (χ4v) is 4.75. The number of rotatable bonds is 11. The van der Waals surface area contributed by atoms with E-state index in [0.29, 0.717) is 39.9 Å². The summed E-state index contributed by atoms with van der Waals surface area (Å²) in [5.41, 5.74) is 2.17. The molecule has 0 bridgehead atoms. The molecular formula is C32H27Cl2N3O4S. The van der Waals surface area contributed by atoms with Crippen LogP contribution in [0.15, 0.2) is 108 Å². The Labute approximate surface area is 258 Å². The van der Waals surface area contributed by atoms with E-state index in [1.54, 1.807) is 97.1 Å². The van der Waals surface area contributed by atoms with E-state index in [2.05, 4.69) is 16.0 Å². The van der Waals surface area contributed by atoms with Crippen LogP contribution in [0.1, 0.15) is 22.8 Å². The van der Waals surface area contributed by atoms with Crippen molar-refractivity contribution in [2.24, 2.45) is 0 Å². The van der Waals surface area contributed by atoms with Crippen LogP contribution in [0.3, 0.4) is 0 Å². The molecule has 4 aromatic rings.